The Hall–Kier alpha value is -1.25. The summed E-state index contributed by atoms with van der Waals surface area (Å²) in [7, 11) is 0. The average Bonchev–Trinajstić information content (AvgIpc) is 2.31. The summed E-state index contributed by atoms with van der Waals surface area (Å²) in [5, 5.41) is 3.43. The molecular formula is C14H23N3. The standard InChI is InChI=1S/C14H23N3/c1-11-6-7-12(15)13(17-11)16-10-14(2)8-4-3-5-9-14/h6-7H,3-5,8-10,15H2,1-2H3,(H,16,17). The Morgan fingerprint density at radius 3 is 2.71 bits per heavy atom. The van der Waals surface area contributed by atoms with E-state index in [0.29, 0.717) is 5.41 Å². The zero-order chi connectivity index (χ0) is 12.3. The van der Waals surface area contributed by atoms with E-state index in [2.05, 4.69) is 17.2 Å². The highest BCUT2D eigenvalue weighted by atomic mass is 15.0. The van der Waals surface area contributed by atoms with Gasteiger partial charge >= 0.3 is 0 Å². The van der Waals surface area contributed by atoms with Crippen molar-refractivity contribution in [2.45, 2.75) is 46.0 Å². The molecule has 0 radical (unpaired) electrons. The van der Waals surface area contributed by atoms with Gasteiger partial charge in [-0.1, -0.05) is 26.2 Å². The molecular weight excluding hydrogens is 210 g/mol. The number of nitrogens with one attached hydrogen (secondary N) is 1. The van der Waals surface area contributed by atoms with Crippen LogP contribution in [0.5, 0.6) is 0 Å². The van der Waals surface area contributed by atoms with Crippen LogP contribution in [-0.4, -0.2) is 11.5 Å². The van der Waals surface area contributed by atoms with E-state index in [1.54, 1.807) is 0 Å². The number of hydrogen-bond acceptors (Lipinski definition) is 3. The van der Waals surface area contributed by atoms with E-state index in [1.165, 1.54) is 32.1 Å². The van der Waals surface area contributed by atoms with Gasteiger partial charge in [-0.25, -0.2) is 4.98 Å². The molecule has 3 N–H and O–H groups in total. The lowest BCUT2D eigenvalue weighted by Crippen LogP contribution is -2.29. The first-order valence-corrected chi connectivity index (χ1v) is 6.56. The number of pyridine rings is 1. The molecule has 0 unspecified atom stereocenters. The highest BCUT2D eigenvalue weighted by Crippen LogP contribution is 2.35. The SMILES string of the molecule is Cc1ccc(N)c(NCC2(C)CCCCC2)n1. The van der Waals surface area contributed by atoms with Crippen molar-refractivity contribution in [3.8, 4) is 0 Å². The average molecular weight is 233 g/mol. The van der Waals surface area contributed by atoms with Crippen LogP contribution in [0.25, 0.3) is 0 Å². The zero-order valence-electron chi connectivity index (χ0n) is 10.9. The zero-order valence-corrected chi connectivity index (χ0v) is 10.9. The lowest BCUT2D eigenvalue weighted by Gasteiger charge is -2.34. The van der Waals surface area contributed by atoms with Gasteiger partial charge < -0.3 is 11.1 Å². The summed E-state index contributed by atoms with van der Waals surface area (Å²) >= 11 is 0. The molecule has 3 heteroatoms. The summed E-state index contributed by atoms with van der Waals surface area (Å²) in [4.78, 5) is 4.45. The van der Waals surface area contributed by atoms with Crippen LogP contribution >= 0.6 is 0 Å². The van der Waals surface area contributed by atoms with Gasteiger partial charge in [0.2, 0.25) is 0 Å². The van der Waals surface area contributed by atoms with Crippen molar-refractivity contribution in [3.05, 3.63) is 17.8 Å². The van der Waals surface area contributed by atoms with E-state index in [4.69, 9.17) is 5.73 Å². The third kappa shape index (κ3) is 3.11. The molecule has 2 rings (SSSR count). The Labute approximate surface area is 104 Å². The normalized spacial score (nSPS) is 18.9. The van der Waals surface area contributed by atoms with E-state index in [0.717, 1.165) is 23.7 Å². The molecule has 1 aliphatic rings. The fourth-order valence-corrected chi connectivity index (χ4v) is 2.59. The van der Waals surface area contributed by atoms with Crippen molar-refractivity contribution in [1.29, 1.82) is 0 Å². The maximum Gasteiger partial charge on any atom is 0.149 e. The van der Waals surface area contributed by atoms with E-state index in [-0.39, 0.29) is 0 Å². The maximum atomic E-state index is 5.92. The molecule has 0 aromatic carbocycles. The van der Waals surface area contributed by atoms with Crippen LogP contribution in [0.2, 0.25) is 0 Å². The van der Waals surface area contributed by atoms with Crippen molar-refractivity contribution < 1.29 is 0 Å². The van der Waals surface area contributed by atoms with Crippen LogP contribution < -0.4 is 11.1 Å². The third-order valence-corrected chi connectivity index (χ3v) is 3.81. The van der Waals surface area contributed by atoms with E-state index < -0.39 is 0 Å². The Bertz CT molecular complexity index is 381. The van der Waals surface area contributed by atoms with Gasteiger partial charge in [-0.15, -0.1) is 0 Å². The number of anilines is 2. The van der Waals surface area contributed by atoms with Crippen LogP contribution in [0, 0.1) is 12.3 Å². The van der Waals surface area contributed by atoms with Crippen molar-refractivity contribution in [2.24, 2.45) is 5.41 Å². The topological polar surface area (TPSA) is 50.9 Å². The second-order valence-electron chi connectivity index (χ2n) is 5.62. The smallest absolute Gasteiger partial charge is 0.149 e. The quantitative estimate of drug-likeness (QED) is 0.841. The Morgan fingerprint density at radius 1 is 1.29 bits per heavy atom. The number of aromatic nitrogens is 1. The molecule has 1 aromatic rings. The first-order chi connectivity index (χ1) is 8.09. The van der Waals surface area contributed by atoms with E-state index in [9.17, 15) is 0 Å². The molecule has 3 nitrogen and oxygen atoms in total. The van der Waals surface area contributed by atoms with Gasteiger partial charge in [0.1, 0.15) is 5.82 Å². The Balaban J connectivity index is 1.99. The summed E-state index contributed by atoms with van der Waals surface area (Å²) in [6.45, 7) is 5.34. The molecule has 1 fully saturated rings. The van der Waals surface area contributed by atoms with Crippen LogP contribution in [0.4, 0.5) is 11.5 Å². The molecule has 1 saturated carbocycles. The molecule has 17 heavy (non-hydrogen) atoms. The van der Waals surface area contributed by atoms with Gasteiger partial charge in [-0.2, -0.15) is 0 Å². The molecule has 94 valence electrons. The first-order valence-electron chi connectivity index (χ1n) is 6.56. The second kappa shape index (κ2) is 4.94. The van der Waals surface area contributed by atoms with Gasteiger partial charge in [0.15, 0.2) is 0 Å². The van der Waals surface area contributed by atoms with Crippen molar-refractivity contribution in [1.82, 2.24) is 4.98 Å². The van der Waals surface area contributed by atoms with Crippen molar-refractivity contribution >= 4 is 11.5 Å². The molecule has 0 bridgehead atoms. The number of aryl methyl sites for hydroxylation is 1. The molecule has 1 heterocycles. The predicted molar refractivity (Wildman–Crippen MR) is 73.1 cm³/mol. The number of nitrogen functional groups attached to an aromatic ring is 1. The van der Waals surface area contributed by atoms with Gasteiger partial charge in [0.05, 0.1) is 5.69 Å². The number of nitrogens with two attached hydrogens (primary N) is 1. The maximum absolute atomic E-state index is 5.92. The van der Waals surface area contributed by atoms with Crippen LogP contribution in [0.1, 0.15) is 44.7 Å². The van der Waals surface area contributed by atoms with Gasteiger partial charge in [-0.05, 0) is 37.3 Å². The van der Waals surface area contributed by atoms with Crippen molar-refractivity contribution in [3.63, 3.8) is 0 Å². The summed E-state index contributed by atoms with van der Waals surface area (Å²) < 4.78 is 0. The first kappa shape index (κ1) is 12.2. The van der Waals surface area contributed by atoms with Crippen LogP contribution in [0.3, 0.4) is 0 Å². The minimum atomic E-state index is 0.413. The fourth-order valence-electron chi connectivity index (χ4n) is 2.59. The molecule has 1 aliphatic carbocycles. The summed E-state index contributed by atoms with van der Waals surface area (Å²) in [6.07, 6.45) is 6.72. The van der Waals surface area contributed by atoms with E-state index >= 15 is 0 Å². The highest BCUT2D eigenvalue weighted by Gasteiger charge is 2.26. The largest absolute Gasteiger partial charge is 0.396 e. The molecule has 0 atom stereocenters. The van der Waals surface area contributed by atoms with Crippen molar-refractivity contribution in [2.75, 3.05) is 17.6 Å². The minimum Gasteiger partial charge on any atom is -0.396 e. The highest BCUT2D eigenvalue weighted by molar-refractivity contribution is 5.61. The Kier molecular flexibility index (Phi) is 3.55. The van der Waals surface area contributed by atoms with Crippen LogP contribution in [0.15, 0.2) is 12.1 Å². The summed E-state index contributed by atoms with van der Waals surface area (Å²) in [5.41, 5.74) is 8.09. The molecule has 0 spiro atoms. The predicted octanol–water partition coefficient (Wildman–Crippen LogP) is 3.35. The number of nitrogens with zero attached hydrogens (tertiary/aromatic N) is 1. The summed E-state index contributed by atoms with van der Waals surface area (Å²) in [6, 6.07) is 3.87. The minimum absolute atomic E-state index is 0.413. The van der Waals surface area contributed by atoms with Gasteiger partial charge in [-0.3, -0.25) is 0 Å². The number of rotatable bonds is 3. The monoisotopic (exact) mass is 233 g/mol. The lowest BCUT2D eigenvalue weighted by molar-refractivity contribution is 0.233. The van der Waals surface area contributed by atoms with Crippen LogP contribution in [-0.2, 0) is 0 Å². The Morgan fingerprint density at radius 2 is 2.00 bits per heavy atom. The lowest BCUT2D eigenvalue weighted by atomic mass is 9.76. The molecule has 1 aromatic heterocycles. The molecule has 0 aliphatic heterocycles. The molecule has 0 amide bonds. The third-order valence-electron chi connectivity index (χ3n) is 3.81. The number of hydrogen-bond donors (Lipinski definition) is 2. The van der Waals surface area contributed by atoms with E-state index in [1.807, 2.05) is 19.1 Å². The molecule has 0 saturated heterocycles. The van der Waals surface area contributed by atoms with Gasteiger partial charge in [0, 0.05) is 12.2 Å². The van der Waals surface area contributed by atoms with Gasteiger partial charge in [0.25, 0.3) is 0 Å². The second-order valence-corrected chi connectivity index (χ2v) is 5.62. The fraction of sp³-hybridized carbons (Fsp3) is 0.643. The summed E-state index contributed by atoms with van der Waals surface area (Å²) in [5.74, 6) is 0.844.